The van der Waals surface area contributed by atoms with Crippen LogP contribution in [0.3, 0.4) is 0 Å². The molecule has 19 heavy (non-hydrogen) atoms. The van der Waals surface area contributed by atoms with Crippen molar-refractivity contribution in [2.75, 3.05) is 26.2 Å². The molecule has 1 atom stereocenters. The summed E-state index contributed by atoms with van der Waals surface area (Å²) in [6.45, 7) is 6.56. The zero-order valence-electron chi connectivity index (χ0n) is 11.1. The van der Waals surface area contributed by atoms with Crippen LogP contribution in [0, 0.1) is 0 Å². The Bertz CT molecular complexity index is 558. The minimum atomic E-state index is 0.311. The van der Waals surface area contributed by atoms with E-state index in [1.165, 1.54) is 6.42 Å². The summed E-state index contributed by atoms with van der Waals surface area (Å²) in [5.41, 5.74) is 2.00. The average Bonchev–Trinajstić information content (AvgIpc) is 2.64. The summed E-state index contributed by atoms with van der Waals surface area (Å²) in [6.07, 6.45) is 1.19. The smallest absolute Gasteiger partial charge is 0.124 e. The molecule has 1 aliphatic heterocycles. The van der Waals surface area contributed by atoms with Gasteiger partial charge in [0, 0.05) is 24.7 Å². The van der Waals surface area contributed by atoms with Crippen LogP contribution >= 0.6 is 11.6 Å². The highest BCUT2D eigenvalue weighted by molar-refractivity contribution is 6.31. The maximum atomic E-state index is 6.01. The van der Waals surface area contributed by atoms with E-state index in [9.17, 15) is 0 Å². The first kappa shape index (κ1) is 12.9. The van der Waals surface area contributed by atoms with Gasteiger partial charge in [0.1, 0.15) is 5.82 Å². The fourth-order valence-electron chi connectivity index (χ4n) is 2.63. The maximum Gasteiger partial charge on any atom is 0.124 e. The number of hydrogen-bond acceptors (Lipinski definition) is 3. The van der Waals surface area contributed by atoms with Gasteiger partial charge in [-0.1, -0.05) is 11.6 Å². The molecule has 0 bridgehead atoms. The lowest BCUT2D eigenvalue weighted by atomic mass is 10.2. The summed E-state index contributed by atoms with van der Waals surface area (Å²) in [6, 6.07) is 6.10. The number of aromatic amines is 1. The lowest BCUT2D eigenvalue weighted by Gasteiger charge is -2.25. The summed E-state index contributed by atoms with van der Waals surface area (Å²) >= 11 is 6.01. The van der Waals surface area contributed by atoms with Crippen molar-refractivity contribution < 1.29 is 0 Å². The largest absolute Gasteiger partial charge is 0.341 e. The summed E-state index contributed by atoms with van der Waals surface area (Å²) in [4.78, 5) is 10.6. The highest BCUT2D eigenvalue weighted by Crippen LogP contribution is 2.23. The lowest BCUT2D eigenvalue weighted by molar-refractivity contribution is 0.218. The zero-order valence-corrected chi connectivity index (χ0v) is 11.9. The number of benzene rings is 1. The van der Waals surface area contributed by atoms with Gasteiger partial charge in [-0.2, -0.15) is 0 Å². The molecule has 0 aliphatic carbocycles. The standard InChI is InChI=1S/C14H19ClN4/c1-10(19-7-2-5-16-6-8-19)14-17-12-4-3-11(15)9-13(12)18-14/h3-4,9-10,16H,2,5-8H2,1H3,(H,17,18). The molecule has 0 radical (unpaired) electrons. The third-order valence-electron chi connectivity index (χ3n) is 3.78. The van der Waals surface area contributed by atoms with Crippen LogP contribution in [0.25, 0.3) is 11.0 Å². The Morgan fingerprint density at radius 2 is 2.21 bits per heavy atom. The number of H-pyrrole nitrogens is 1. The average molecular weight is 279 g/mol. The monoisotopic (exact) mass is 278 g/mol. The second kappa shape index (κ2) is 5.49. The van der Waals surface area contributed by atoms with E-state index >= 15 is 0 Å². The Kier molecular flexibility index (Phi) is 3.73. The number of hydrogen-bond donors (Lipinski definition) is 2. The molecule has 0 amide bonds. The van der Waals surface area contributed by atoms with Crippen LogP contribution in [0.4, 0.5) is 0 Å². The molecule has 2 N–H and O–H groups in total. The number of halogens is 1. The fourth-order valence-corrected chi connectivity index (χ4v) is 2.80. The number of fused-ring (bicyclic) bond motifs is 1. The van der Waals surface area contributed by atoms with Crippen molar-refractivity contribution in [1.82, 2.24) is 20.2 Å². The first-order valence-corrected chi connectivity index (χ1v) is 7.22. The zero-order chi connectivity index (χ0) is 13.2. The van der Waals surface area contributed by atoms with Crippen molar-refractivity contribution in [2.24, 2.45) is 0 Å². The summed E-state index contributed by atoms with van der Waals surface area (Å²) in [5, 5.41) is 4.17. The van der Waals surface area contributed by atoms with Gasteiger partial charge in [-0.25, -0.2) is 4.98 Å². The van der Waals surface area contributed by atoms with E-state index in [1.807, 2.05) is 18.2 Å². The molecular formula is C14H19ClN4. The minimum absolute atomic E-state index is 0.311. The second-order valence-corrected chi connectivity index (χ2v) is 5.54. The molecule has 1 fully saturated rings. The fraction of sp³-hybridized carbons (Fsp3) is 0.500. The van der Waals surface area contributed by atoms with Crippen LogP contribution in [0.2, 0.25) is 5.02 Å². The highest BCUT2D eigenvalue weighted by Gasteiger charge is 2.19. The molecule has 0 saturated carbocycles. The van der Waals surface area contributed by atoms with E-state index < -0.39 is 0 Å². The Morgan fingerprint density at radius 3 is 3.11 bits per heavy atom. The third-order valence-corrected chi connectivity index (χ3v) is 4.02. The SMILES string of the molecule is CC(c1nc2ccc(Cl)cc2[nH]1)N1CCCNCC1. The van der Waals surface area contributed by atoms with Crippen LogP contribution in [-0.4, -0.2) is 41.0 Å². The predicted octanol–water partition coefficient (Wildman–Crippen LogP) is 2.57. The van der Waals surface area contributed by atoms with Crippen LogP contribution in [-0.2, 0) is 0 Å². The Labute approximate surface area is 118 Å². The van der Waals surface area contributed by atoms with E-state index in [4.69, 9.17) is 11.6 Å². The summed E-state index contributed by atoms with van der Waals surface area (Å²) in [5.74, 6) is 1.03. The van der Waals surface area contributed by atoms with Crippen molar-refractivity contribution in [3.8, 4) is 0 Å². The molecule has 2 heterocycles. The van der Waals surface area contributed by atoms with Gasteiger partial charge in [-0.15, -0.1) is 0 Å². The van der Waals surface area contributed by atoms with Crippen LogP contribution < -0.4 is 5.32 Å². The van der Waals surface area contributed by atoms with E-state index in [2.05, 4.69) is 27.1 Å². The molecule has 2 aromatic rings. The third kappa shape index (κ3) is 2.76. The number of aromatic nitrogens is 2. The number of rotatable bonds is 2. The van der Waals surface area contributed by atoms with E-state index in [0.717, 1.165) is 48.1 Å². The predicted molar refractivity (Wildman–Crippen MR) is 78.6 cm³/mol. The second-order valence-electron chi connectivity index (χ2n) is 5.10. The van der Waals surface area contributed by atoms with Crippen molar-refractivity contribution in [2.45, 2.75) is 19.4 Å². The molecule has 1 aromatic heterocycles. The summed E-state index contributed by atoms with van der Waals surface area (Å²) in [7, 11) is 0. The van der Waals surface area contributed by atoms with E-state index in [0.29, 0.717) is 6.04 Å². The summed E-state index contributed by atoms with van der Waals surface area (Å²) < 4.78 is 0. The molecule has 1 saturated heterocycles. The van der Waals surface area contributed by atoms with Gasteiger partial charge < -0.3 is 10.3 Å². The van der Waals surface area contributed by atoms with Crippen LogP contribution in [0.5, 0.6) is 0 Å². The van der Waals surface area contributed by atoms with Gasteiger partial charge in [0.15, 0.2) is 0 Å². The molecular weight excluding hydrogens is 260 g/mol. The maximum absolute atomic E-state index is 6.01. The molecule has 1 unspecified atom stereocenters. The highest BCUT2D eigenvalue weighted by atomic mass is 35.5. The van der Waals surface area contributed by atoms with Gasteiger partial charge in [-0.05, 0) is 38.1 Å². The van der Waals surface area contributed by atoms with E-state index in [-0.39, 0.29) is 0 Å². The Morgan fingerprint density at radius 1 is 1.32 bits per heavy atom. The van der Waals surface area contributed by atoms with Crippen molar-refractivity contribution >= 4 is 22.6 Å². The van der Waals surface area contributed by atoms with Crippen LogP contribution in [0.1, 0.15) is 25.2 Å². The number of nitrogens with zero attached hydrogens (tertiary/aromatic N) is 2. The minimum Gasteiger partial charge on any atom is -0.341 e. The number of imidazole rings is 1. The van der Waals surface area contributed by atoms with Crippen molar-refractivity contribution in [3.05, 3.63) is 29.0 Å². The van der Waals surface area contributed by atoms with Gasteiger partial charge in [0.2, 0.25) is 0 Å². The van der Waals surface area contributed by atoms with Crippen molar-refractivity contribution in [3.63, 3.8) is 0 Å². The molecule has 1 aromatic carbocycles. The van der Waals surface area contributed by atoms with Crippen LogP contribution in [0.15, 0.2) is 18.2 Å². The van der Waals surface area contributed by atoms with Gasteiger partial charge in [0.25, 0.3) is 0 Å². The van der Waals surface area contributed by atoms with Gasteiger partial charge >= 0.3 is 0 Å². The molecule has 5 heteroatoms. The van der Waals surface area contributed by atoms with Gasteiger partial charge in [-0.3, -0.25) is 4.90 Å². The van der Waals surface area contributed by atoms with Crippen molar-refractivity contribution in [1.29, 1.82) is 0 Å². The molecule has 4 nitrogen and oxygen atoms in total. The van der Waals surface area contributed by atoms with E-state index in [1.54, 1.807) is 0 Å². The lowest BCUT2D eigenvalue weighted by Crippen LogP contribution is -2.31. The quantitative estimate of drug-likeness (QED) is 0.887. The normalized spacial score (nSPS) is 19.5. The topological polar surface area (TPSA) is 44.0 Å². The molecule has 0 spiro atoms. The first-order valence-electron chi connectivity index (χ1n) is 6.84. The molecule has 1 aliphatic rings. The van der Waals surface area contributed by atoms with Gasteiger partial charge in [0.05, 0.1) is 17.1 Å². The molecule has 3 rings (SSSR count). The Hall–Kier alpha value is -1.10. The Balaban J connectivity index is 1.85. The molecule has 102 valence electrons. The first-order chi connectivity index (χ1) is 9.24. The number of nitrogens with one attached hydrogen (secondary N) is 2.